The Morgan fingerprint density at radius 1 is 1.33 bits per heavy atom. The second kappa shape index (κ2) is 5.66. The van der Waals surface area contributed by atoms with Crippen molar-refractivity contribution in [1.82, 2.24) is 9.55 Å². The van der Waals surface area contributed by atoms with Crippen LogP contribution in [0, 0.1) is 5.82 Å². The molecule has 0 aliphatic rings. The fourth-order valence-corrected chi connectivity index (χ4v) is 2.84. The van der Waals surface area contributed by atoms with Gasteiger partial charge < -0.3 is 4.74 Å². The largest absolute Gasteiger partial charge is 0.495 e. The van der Waals surface area contributed by atoms with Crippen molar-refractivity contribution < 1.29 is 9.13 Å². The molecule has 6 heteroatoms. The van der Waals surface area contributed by atoms with E-state index in [0.29, 0.717) is 22.6 Å². The smallest absolute Gasteiger partial charge is 0.151 e. The van der Waals surface area contributed by atoms with Gasteiger partial charge in [-0.2, -0.15) is 0 Å². The van der Waals surface area contributed by atoms with Gasteiger partial charge >= 0.3 is 0 Å². The molecule has 0 radical (unpaired) electrons. The normalized spacial score (nSPS) is 11.0. The molecule has 0 unspecified atom stereocenters. The van der Waals surface area contributed by atoms with Gasteiger partial charge in [0.2, 0.25) is 0 Å². The highest BCUT2D eigenvalue weighted by atomic mass is 79.9. The average Bonchev–Trinajstić information content (AvgIpc) is 2.87. The fourth-order valence-electron chi connectivity index (χ4n) is 2.31. The number of ether oxygens (including phenoxy) is 1. The van der Waals surface area contributed by atoms with Gasteiger partial charge in [0, 0.05) is 4.47 Å². The Hall–Kier alpha value is -1.59. The molecule has 0 spiro atoms. The molecule has 0 saturated carbocycles. The molecule has 21 heavy (non-hydrogen) atoms. The molecule has 0 amide bonds. The van der Waals surface area contributed by atoms with Crippen LogP contribution in [0.5, 0.6) is 5.75 Å². The first kappa shape index (κ1) is 14.4. The molecule has 0 aliphatic heterocycles. The molecule has 0 N–H and O–H groups in total. The molecule has 3 rings (SSSR count). The Balaban J connectivity index is 2.39. The summed E-state index contributed by atoms with van der Waals surface area (Å²) in [6.07, 6.45) is 0. The number of benzene rings is 2. The Morgan fingerprint density at radius 2 is 2.14 bits per heavy atom. The molecular weight excluding hydrogens is 359 g/mol. The van der Waals surface area contributed by atoms with Crippen LogP contribution in [0.25, 0.3) is 16.7 Å². The number of halogens is 3. The summed E-state index contributed by atoms with van der Waals surface area (Å²) in [5.41, 5.74) is 1.72. The lowest BCUT2D eigenvalue weighted by Gasteiger charge is -2.13. The summed E-state index contributed by atoms with van der Waals surface area (Å²) in [5, 5.41) is 0. The van der Waals surface area contributed by atoms with Crippen molar-refractivity contribution in [3.8, 4) is 11.4 Å². The van der Waals surface area contributed by atoms with Gasteiger partial charge in [0.1, 0.15) is 17.1 Å². The summed E-state index contributed by atoms with van der Waals surface area (Å²) >= 11 is 9.42. The van der Waals surface area contributed by atoms with E-state index < -0.39 is 0 Å². The monoisotopic (exact) mass is 368 g/mol. The minimum Gasteiger partial charge on any atom is -0.495 e. The van der Waals surface area contributed by atoms with E-state index in [-0.39, 0.29) is 11.7 Å². The number of hydrogen-bond acceptors (Lipinski definition) is 2. The van der Waals surface area contributed by atoms with E-state index in [4.69, 9.17) is 16.3 Å². The van der Waals surface area contributed by atoms with Crippen LogP contribution in [0.3, 0.4) is 0 Å². The molecule has 108 valence electrons. The van der Waals surface area contributed by atoms with Crippen molar-refractivity contribution in [3.63, 3.8) is 0 Å². The van der Waals surface area contributed by atoms with Crippen LogP contribution in [-0.4, -0.2) is 16.7 Å². The second-order valence-electron chi connectivity index (χ2n) is 4.42. The third kappa shape index (κ3) is 2.40. The van der Waals surface area contributed by atoms with Crippen LogP contribution >= 0.6 is 27.5 Å². The van der Waals surface area contributed by atoms with E-state index in [1.165, 1.54) is 6.07 Å². The van der Waals surface area contributed by atoms with E-state index in [9.17, 15) is 4.39 Å². The van der Waals surface area contributed by atoms with Crippen LogP contribution in [0.4, 0.5) is 4.39 Å². The van der Waals surface area contributed by atoms with Crippen molar-refractivity contribution >= 4 is 38.6 Å². The average molecular weight is 370 g/mol. The van der Waals surface area contributed by atoms with Crippen LogP contribution in [0.15, 0.2) is 40.9 Å². The maximum Gasteiger partial charge on any atom is 0.151 e. The number of para-hydroxylation sites is 1. The molecule has 0 aliphatic carbocycles. The number of methoxy groups -OCH3 is 1. The number of fused-ring (bicyclic) bond motifs is 1. The quantitative estimate of drug-likeness (QED) is 0.627. The first-order chi connectivity index (χ1) is 10.2. The zero-order chi connectivity index (χ0) is 15.0. The Labute approximate surface area is 134 Å². The first-order valence-electron chi connectivity index (χ1n) is 6.21. The van der Waals surface area contributed by atoms with Gasteiger partial charge in [0.15, 0.2) is 5.82 Å². The van der Waals surface area contributed by atoms with E-state index in [2.05, 4.69) is 20.9 Å². The molecule has 1 heterocycles. The minimum atomic E-state index is -0.369. The molecule has 0 atom stereocenters. The predicted octanol–water partition coefficient (Wildman–Crippen LogP) is 4.67. The predicted molar refractivity (Wildman–Crippen MR) is 84.8 cm³/mol. The summed E-state index contributed by atoms with van der Waals surface area (Å²) in [7, 11) is 1.59. The van der Waals surface area contributed by atoms with E-state index in [1.807, 2.05) is 28.8 Å². The molecule has 1 aromatic heterocycles. The zero-order valence-corrected chi connectivity index (χ0v) is 13.4. The highest BCUT2D eigenvalue weighted by molar-refractivity contribution is 9.10. The SMILES string of the molecule is COc1ccc(Br)cc1-n1c(CCl)nc2c(F)cccc21. The van der Waals surface area contributed by atoms with Crippen LogP contribution in [0.2, 0.25) is 0 Å². The van der Waals surface area contributed by atoms with Crippen LogP contribution < -0.4 is 4.74 Å². The first-order valence-corrected chi connectivity index (χ1v) is 7.54. The van der Waals surface area contributed by atoms with Crippen molar-refractivity contribution in [2.45, 2.75) is 5.88 Å². The molecule has 3 aromatic rings. The Bertz CT molecular complexity index is 819. The van der Waals surface area contributed by atoms with Gasteiger partial charge in [-0.05, 0) is 30.3 Å². The third-order valence-corrected chi connectivity index (χ3v) is 3.94. The highest BCUT2D eigenvalue weighted by Gasteiger charge is 2.17. The molecule has 0 saturated heterocycles. The summed E-state index contributed by atoms with van der Waals surface area (Å²) in [4.78, 5) is 4.30. The summed E-state index contributed by atoms with van der Waals surface area (Å²) in [6, 6.07) is 10.4. The molecule has 3 nitrogen and oxygen atoms in total. The number of aromatic nitrogens is 2. The summed E-state index contributed by atoms with van der Waals surface area (Å²) in [5.74, 6) is 1.02. The van der Waals surface area contributed by atoms with Crippen LogP contribution in [0.1, 0.15) is 5.82 Å². The van der Waals surface area contributed by atoms with E-state index in [0.717, 1.165) is 10.2 Å². The molecule has 0 fully saturated rings. The summed E-state index contributed by atoms with van der Waals surface area (Å²) in [6.45, 7) is 0. The number of imidazole rings is 1. The standard InChI is InChI=1S/C15H11BrClFN2O/c1-21-13-6-5-9(16)7-12(13)20-11-4-2-3-10(18)15(11)19-14(20)8-17/h2-7H,8H2,1H3. The molecule has 2 aromatic carbocycles. The second-order valence-corrected chi connectivity index (χ2v) is 5.60. The number of hydrogen-bond donors (Lipinski definition) is 0. The fraction of sp³-hybridized carbons (Fsp3) is 0.133. The lowest BCUT2D eigenvalue weighted by atomic mass is 10.2. The Kier molecular flexibility index (Phi) is 3.87. The highest BCUT2D eigenvalue weighted by Crippen LogP contribution is 2.32. The zero-order valence-electron chi connectivity index (χ0n) is 11.1. The number of nitrogens with zero attached hydrogens (tertiary/aromatic N) is 2. The number of alkyl halides is 1. The topological polar surface area (TPSA) is 27.1 Å². The van der Waals surface area contributed by atoms with E-state index in [1.54, 1.807) is 13.2 Å². The van der Waals surface area contributed by atoms with Gasteiger partial charge in [-0.25, -0.2) is 9.37 Å². The van der Waals surface area contributed by atoms with Crippen molar-refractivity contribution in [1.29, 1.82) is 0 Å². The van der Waals surface area contributed by atoms with Crippen molar-refractivity contribution in [2.24, 2.45) is 0 Å². The van der Waals surface area contributed by atoms with Gasteiger partial charge in [-0.15, -0.1) is 11.6 Å². The maximum atomic E-state index is 13.9. The lowest BCUT2D eigenvalue weighted by molar-refractivity contribution is 0.413. The minimum absolute atomic E-state index is 0.170. The Morgan fingerprint density at radius 3 is 2.86 bits per heavy atom. The lowest BCUT2D eigenvalue weighted by Crippen LogP contribution is -2.02. The summed E-state index contributed by atoms with van der Waals surface area (Å²) < 4.78 is 22.0. The third-order valence-electron chi connectivity index (χ3n) is 3.21. The molecule has 0 bridgehead atoms. The maximum absolute atomic E-state index is 13.9. The van der Waals surface area contributed by atoms with Crippen molar-refractivity contribution in [3.05, 3.63) is 52.5 Å². The van der Waals surface area contributed by atoms with Gasteiger partial charge in [-0.3, -0.25) is 4.57 Å². The van der Waals surface area contributed by atoms with Crippen LogP contribution in [-0.2, 0) is 5.88 Å². The van der Waals surface area contributed by atoms with Crippen molar-refractivity contribution in [2.75, 3.05) is 7.11 Å². The number of rotatable bonds is 3. The van der Waals surface area contributed by atoms with Gasteiger partial charge in [0.05, 0.1) is 24.2 Å². The molecular formula is C15H11BrClFN2O. The van der Waals surface area contributed by atoms with Gasteiger partial charge in [-0.1, -0.05) is 22.0 Å². The van der Waals surface area contributed by atoms with Gasteiger partial charge in [0.25, 0.3) is 0 Å². The van der Waals surface area contributed by atoms with E-state index >= 15 is 0 Å².